The van der Waals surface area contributed by atoms with Crippen LogP contribution in [-0.4, -0.2) is 35.9 Å². The molecule has 5 nitrogen and oxygen atoms in total. The highest BCUT2D eigenvalue weighted by atomic mass is 35.5. The third-order valence-electron chi connectivity index (χ3n) is 5.87. The number of amides is 2. The first-order chi connectivity index (χ1) is 17.3. The van der Waals surface area contributed by atoms with E-state index < -0.39 is 6.04 Å². The number of rotatable bonds is 11. The zero-order valence-electron chi connectivity index (χ0n) is 20.9. The number of carbonyl (C=O) groups excluding carboxylic acids is 2. The molecule has 0 aliphatic carbocycles. The van der Waals surface area contributed by atoms with Gasteiger partial charge in [0.15, 0.2) is 6.61 Å². The molecule has 0 heterocycles. The zero-order chi connectivity index (χ0) is 26.1. The van der Waals surface area contributed by atoms with Crippen molar-refractivity contribution in [1.82, 2.24) is 10.2 Å². The Bertz CT molecular complexity index is 1180. The van der Waals surface area contributed by atoms with Gasteiger partial charge in [-0.1, -0.05) is 78.7 Å². The van der Waals surface area contributed by atoms with Crippen LogP contribution in [0.5, 0.6) is 5.75 Å². The first kappa shape index (κ1) is 27.6. The minimum absolute atomic E-state index is 0.141. The van der Waals surface area contributed by atoms with E-state index in [1.807, 2.05) is 69.3 Å². The number of carbonyl (C=O) groups is 2. The Morgan fingerprint density at radius 3 is 2.44 bits per heavy atom. The second-order valence-corrected chi connectivity index (χ2v) is 9.66. The Kier molecular flexibility index (Phi) is 10.2. The van der Waals surface area contributed by atoms with Gasteiger partial charge in [-0.25, -0.2) is 0 Å². The van der Waals surface area contributed by atoms with Gasteiger partial charge in [-0.05, 0) is 60.7 Å². The van der Waals surface area contributed by atoms with Gasteiger partial charge in [0.2, 0.25) is 5.91 Å². The van der Waals surface area contributed by atoms with Crippen molar-refractivity contribution < 1.29 is 14.3 Å². The van der Waals surface area contributed by atoms with Crippen molar-refractivity contribution in [3.63, 3.8) is 0 Å². The van der Waals surface area contributed by atoms with Crippen molar-refractivity contribution in [3.8, 4) is 5.75 Å². The molecule has 0 aromatic heterocycles. The number of nitrogens with one attached hydrogen (secondary N) is 1. The molecule has 0 radical (unpaired) electrons. The lowest BCUT2D eigenvalue weighted by molar-refractivity contribution is -0.142. The van der Waals surface area contributed by atoms with Gasteiger partial charge in [0.05, 0.1) is 0 Å². The fourth-order valence-electron chi connectivity index (χ4n) is 3.84. The van der Waals surface area contributed by atoms with Crippen LogP contribution in [-0.2, 0) is 22.6 Å². The van der Waals surface area contributed by atoms with E-state index >= 15 is 0 Å². The molecule has 36 heavy (non-hydrogen) atoms. The summed E-state index contributed by atoms with van der Waals surface area (Å²) in [5, 5.41) is 3.89. The molecule has 0 bridgehead atoms. The number of hydrogen-bond donors (Lipinski definition) is 1. The van der Waals surface area contributed by atoms with E-state index in [0.29, 0.717) is 34.3 Å². The van der Waals surface area contributed by atoms with Gasteiger partial charge in [-0.3, -0.25) is 9.59 Å². The van der Waals surface area contributed by atoms with Crippen LogP contribution < -0.4 is 10.1 Å². The van der Waals surface area contributed by atoms with Gasteiger partial charge >= 0.3 is 0 Å². The lowest BCUT2D eigenvalue weighted by Gasteiger charge is -2.32. The molecule has 1 unspecified atom stereocenters. The SMILES string of the molecule is CCCNC(=O)C(Cc1ccccc1)N(Cc1ccc(Cl)cc1Cl)C(=O)COc1cc(C)ccc1C. The molecule has 3 rings (SSSR count). The molecular formula is C29H32Cl2N2O3. The maximum absolute atomic E-state index is 13.7. The average molecular weight is 527 g/mol. The molecule has 0 aliphatic rings. The van der Waals surface area contributed by atoms with Gasteiger partial charge in [-0.2, -0.15) is 0 Å². The Labute approximate surface area is 223 Å². The molecule has 0 fully saturated rings. The second-order valence-electron chi connectivity index (χ2n) is 8.81. The minimum atomic E-state index is -0.750. The summed E-state index contributed by atoms with van der Waals surface area (Å²) in [5.74, 6) is 0.114. The Hall–Kier alpha value is -3.02. The van der Waals surface area contributed by atoms with Crippen LogP contribution in [0, 0.1) is 13.8 Å². The highest BCUT2D eigenvalue weighted by Gasteiger charge is 2.31. The van der Waals surface area contributed by atoms with Gasteiger partial charge in [0.1, 0.15) is 11.8 Å². The second kappa shape index (κ2) is 13.3. The molecule has 2 amide bonds. The lowest BCUT2D eigenvalue weighted by Crippen LogP contribution is -2.51. The fraction of sp³-hybridized carbons (Fsp3) is 0.310. The van der Waals surface area contributed by atoms with Gasteiger partial charge in [0.25, 0.3) is 5.91 Å². The maximum atomic E-state index is 13.7. The van der Waals surface area contributed by atoms with Gasteiger partial charge in [-0.15, -0.1) is 0 Å². The number of benzene rings is 3. The summed E-state index contributed by atoms with van der Waals surface area (Å²) < 4.78 is 5.93. The van der Waals surface area contributed by atoms with E-state index in [9.17, 15) is 9.59 Å². The molecular weight excluding hydrogens is 495 g/mol. The summed E-state index contributed by atoms with van der Waals surface area (Å²) in [6.07, 6.45) is 1.15. The Morgan fingerprint density at radius 1 is 1.00 bits per heavy atom. The van der Waals surface area contributed by atoms with Crippen molar-refractivity contribution >= 4 is 35.0 Å². The van der Waals surface area contributed by atoms with E-state index in [0.717, 1.165) is 23.1 Å². The van der Waals surface area contributed by atoms with E-state index in [2.05, 4.69) is 5.32 Å². The van der Waals surface area contributed by atoms with Crippen LogP contribution in [0.1, 0.15) is 35.6 Å². The number of aryl methyl sites for hydroxylation is 2. The number of hydrogen-bond acceptors (Lipinski definition) is 3. The monoisotopic (exact) mass is 526 g/mol. The Morgan fingerprint density at radius 2 is 1.75 bits per heavy atom. The summed E-state index contributed by atoms with van der Waals surface area (Å²) >= 11 is 12.6. The molecule has 7 heteroatoms. The number of halogens is 2. The minimum Gasteiger partial charge on any atom is -0.483 e. The first-order valence-corrected chi connectivity index (χ1v) is 12.8. The van der Waals surface area contributed by atoms with E-state index in [-0.39, 0.29) is 25.0 Å². The van der Waals surface area contributed by atoms with Gasteiger partial charge < -0.3 is 15.0 Å². The molecule has 1 atom stereocenters. The number of ether oxygens (including phenoxy) is 1. The van der Waals surface area contributed by atoms with E-state index in [4.69, 9.17) is 27.9 Å². The maximum Gasteiger partial charge on any atom is 0.261 e. The van der Waals surface area contributed by atoms with E-state index in [1.165, 1.54) is 0 Å². The topological polar surface area (TPSA) is 58.6 Å². The molecule has 190 valence electrons. The predicted octanol–water partition coefficient (Wildman–Crippen LogP) is 6.16. The first-order valence-electron chi connectivity index (χ1n) is 12.0. The normalized spacial score (nSPS) is 11.6. The molecule has 0 aliphatic heterocycles. The van der Waals surface area contributed by atoms with Crippen molar-refractivity contribution in [2.75, 3.05) is 13.2 Å². The van der Waals surface area contributed by atoms with Crippen molar-refractivity contribution in [3.05, 3.63) is 99.0 Å². The molecule has 3 aromatic rings. The van der Waals surface area contributed by atoms with Gasteiger partial charge in [0, 0.05) is 29.6 Å². The lowest BCUT2D eigenvalue weighted by atomic mass is 10.0. The van der Waals surface area contributed by atoms with Crippen LogP contribution >= 0.6 is 23.2 Å². The van der Waals surface area contributed by atoms with Crippen LogP contribution in [0.4, 0.5) is 0 Å². The van der Waals surface area contributed by atoms with Crippen molar-refractivity contribution in [2.24, 2.45) is 0 Å². The summed E-state index contributed by atoms with van der Waals surface area (Å²) in [6.45, 7) is 6.34. The largest absolute Gasteiger partial charge is 0.483 e. The standard InChI is InChI=1S/C29H32Cl2N2O3/c1-4-14-32-29(35)26(16-22-8-6-5-7-9-22)33(18-23-12-13-24(30)17-25(23)31)28(34)19-36-27-15-20(2)10-11-21(27)3/h5-13,15,17,26H,4,14,16,18-19H2,1-3H3,(H,32,35). The van der Waals surface area contributed by atoms with Crippen molar-refractivity contribution in [2.45, 2.75) is 46.2 Å². The summed E-state index contributed by atoms with van der Waals surface area (Å²) in [5.41, 5.74) is 3.61. The van der Waals surface area contributed by atoms with Crippen LogP contribution in [0.2, 0.25) is 10.0 Å². The fourth-order valence-corrected chi connectivity index (χ4v) is 4.31. The predicted molar refractivity (Wildman–Crippen MR) is 146 cm³/mol. The van der Waals surface area contributed by atoms with Crippen molar-refractivity contribution in [1.29, 1.82) is 0 Å². The summed E-state index contributed by atoms with van der Waals surface area (Å²) in [4.78, 5) is 28.6. The molecule has 1 N–H and O–H groups in total. The Balaban J connectivity index is 1.94. The summed E-state index contributed by atoms with van der Waals surface area (Å²) in [6, 6.07) is 19.9. The molecule has 0 saturated carbocycles. The number of nitrogens with zero attached hydrogens (tertiary/aromatic N) is 1. The third-order valence-corrected chi connectivity index (χ3v) is 6.46. The molecule has 0 saturated heterocycles. The smallest absolute Gasteiger partial charge is 0.261 e. The highest BCUT2D eigenvalue weighted by molar-refractivity contribution is 6.35. The highest BCUT2D eigenvalue weighted by Crippen LogP contribution is 2.25. The van der Waals surface area contributed by atoms with Crippen LogP contribution in [0.3, 0.4) is 0 Å². The van der Waals surface area contributed by atoms with Crippen LogP contribution in [0.15, 0.2) is 66.7 Å². The summed E-state index contributed by atoms with van der Waals surface area (Å²) in [7, 11) is 0. The van der Waals surface area contributed by atoms with Crippen LogP contribution in [0.25, 0.3) is 0 Å². The quantitative estimate of drug-likeness (QED) is 0.325. The molecule has 0 spiro atoms. The zero-order valence-corrected chi connectivity index (χ0v) is 22.4. The van der Waals surface area contributed by atoms with E-state index in [1.54, 1.807) is 23.1 Å². The average Bonchev–Trinajstić information content (AvgIpc) is 2.86. The third kappa shape index (κ3) is 7.74. The molecule has 3 aromatic carbocycles.